The molecule has 3 aromatic carbocycles. The first-order chi connectivity index (χ1) is 29.4. The first kappa shape index (κ1) is 40.3. The Hall–Kier alpha value is -6.13. The Balaban J connectivity index is 1.12. The second-order valence-electron chi connectivity index (χ2n) is 16.1. The molecule has 3 aliphatic rings. The van der Waals surface area contributed by atoms with Crippen molar-refractivity contribution in [3.8, 4) is 5.69 Å². The zero-order chi connectivity index (χ0) is 42.6. The molecule has 1 amide bonds. The van der Waals surface area contributed by atoms with Crippen LogP contribution in [0.1, 0.15) is 77.5 Å². The Morgan fingerprint density at radius 2 is 1.75 bits per heavy atom. The van der Waals surface area contributed by atoms with Gasteiger partial charge in [0.15, 0.2) is 0 Å². The van der Waals surface area contributed by atoms with Gasteiger partial charge in [0.05, 0.1) is 27.1 Å². The molecule has 2 atom stereocenters. The highest BCUT2D eigenvalue weighted by atomic mass is 32.2. The van der Waals surface area contributed by atoms with Crippen LogP contribution in [0.2, 0.25) is 0 Å². The first-order valence-electron chi connectivity index (χ1n) is 20.6. The number of aryl methyl sites for hydroxylation is 3. The van der Waals surface area contributed by atoms with E-state index in [4.69, 9.17) is 19.9 Å². The molecule has 9 rings (SSSR count). The van der Waals surface area contributed by atoms with Crippen molar-refractivity contribution in [2.45, 2.75) is 76.8 Å². The minimum absolute atomic E-state index is 0.181. The average Bonchev–Trinajstić information content (AvgIpc) is 4.06. The maximum Gasteiger partial charge on any atom is 0.338 e. The number of carbonyl (C=O) groups is 1. The van der Waals surface area contributed by atoms with Crippen LogP contribution in [0.3, 0.4) is 0 Å². The standard InChI is InChI=1S/C45H48FN9O5S/c1-27-22-34(23-28(2)42(27)46)49-43(54-18-17-53(45(54)57)35-7-9-36(10-8-35)61(58)21-5-15-48-61)41-29(3)52(16-12-37(41)47)44(56)39-25-33-24-32(31-13-19-59-20-14-31)6-11-38(33)55(39)26-40-51-50-30(4)60-40/h6-11,17-18,22-25,29,31H,5,12-16,19-21,26,47H2,1-4H3/t29-,61?/m0/s1. The van der Waals surface area contributed by atoms with Crippen LogP contribution in [0.15, 0.2) is 108 Å². The quantitative estimate of drug-likeness (QED) is 0.127. The van der Waals surface area contributed by atoms with E-state index in [1.165, 1.54) is 14.7 Å². The molecule has 14 nitrogen and oxygen atoms in total. The van der Waals surface area contributed by atoms with E-state index in [0.717, 1.165) is 30.2 Å². The smallest absolute Gasteiger partial charge is 0.338 e. The van der Waals surface area contributed by atoms with Gasteiger partial charge in [-0.15, -0.1) is 10.2 Å². The van der Waals surface area contributed by atoms with E-state index in [1.54, 1.807) is 74.5 Å². The minimum Gasteiger partial charge on any atom is -0.424 e. The molecule has 6 aromatic rings. The highest BCUT2D eigenvalue weighted by Crippen LogP contribution is 2.34. The van der Waals surface area contributed by atoms with Crippen LogP contribution in [0, 0.1) is 26.6 Å². The van der Waals surface area contributed by atoms with E-state index in [-0.39, 0.29) is 24.1 Å². The molecule has 6 heterocycles. The van der Waals surface area contributed by atoms with E-state index in [0.29, 0.717) is 101 Å². The molecule has 16 heteroatoms. The highest BCUT2D eigenvalue weighted by molar-refractivity contribution is 7.93. The van der Waals surface area contributed by atoms with Crippen LogP contribution >= 0.6 is 0 Å². The SMILES string of the molecule is Cc1nnc(Cn2c(C(=O)N3CCC(N)=C(C(=Nc4cc(C)c(F)c(C)c4)n4ccn(-c5ccc(S6(=O)=NCCC6)cc5)c4=O)[C@@H]3C)cc3cc(C4CCOCC4)ccc32)o1. The molecular weight excluding hydrogens is 798 g/mol. The fourth-order valence-electron chi connectivity index (χ4n) is 8.84. The van der Waals surface area contributed by atoms with Crippen LogP contribution < -0.4 is 11.4 Å². The van der Waals surface area contributed by atoms with Gasteiger partial charge in [-0.2, -0.15) is 0 Å². The molecule has 3 aliphatic heterocycles. The van der Waals surface area contributed by atoms with Crippen LogP contribution in [-0.2, 0) is 21.0 Å². The zero-order valence-electron chi connectivity index (χ0n) is 34.6. The number of imidazole rings is 1. The van der Waals surface area contributed by atoms with Gasteiger partial charge in [-0.05, 0) is 117 Å². The number of hydrogen-bond donors (Lipinski definition) is 1. The van der Waals surface area contributed by atoms with Crippen LogP contribution in [0.4, 0.5) is 10.1 Å². The fraction of sp³-hybridized carbons (Fsp3) is 0.356. The molecule has 1 unspecified atom stereocenters. The van der Waals surface area contributed by atoms with Crippen molar-refractivity contribution in [2.75, 3.05) is 32.1 Å². The third-order valence-corrected chi connectivity index (χ3v) is 14.5. The number of aliphatic imine (C=N–C) groups is 1. The zero-order valence-corrected chi connectivity index (χ0v) is 35.5. The van der Waals surface area contributed by atoms with E-state index in [1.807, 2.05) is 17.6 Å². The third kappa shape index (κ3) is 7.52. The van der Waals surface area contributed by atoms with Gasteiger partial charge in [-0.1, -0.05) is 6.07 Å². The Morgan fingerprint density at radius 1 is 1.00 bits per heavy atom. The van der Waals surface area contributed by atoms with Crippen molar-refractivity contribution in [1.82, 2.24) is 28.8 Å². The van der Waals surface area contributed by atoms with Crippen molar-refractivity contribution in [2.24, 2.45) is 15.1 Å². The maximum absolute atomic E-state index is 15.1. The summed E-state index contributed by atoms with van der Waals surface area (Å²) in [5.41, 5.74) is 11.7. The molecule has 0 bridgehead atoms. The lowest BCUT2D eigenvalue weighted by atomic mass is 9.91. The molecule has 1 saturated heterocycles. The largest absolute Gasteiger partial charge is 0.424 e. The molecule has 2 N–H and O–H groups in total. The number of benzene rings is 3. The molecule has 61 heavy (non-hydrogen) atoms. The lowest BCUT2D eigenvalue weighted by Gasteiger charge is -2.36. The summed E-state index contributed by atoms with van der Waals surface area (Å²) in [7, 11) is -2.47. The molecule has 0 radical (unpaired) electrons. The number of hydrogen-bond acceptors (Lipinski definition) is 10. The van der Waals surface area contributed by atoms with Crippen LogP contribution in [-0.4, -0.2) is 82.8 Å². The third-order valence-electron chi connectivity index (χ3n) is 12.1. The Labute approximate surface area is 352 Å². The molecule has 0 spiro atoms. The molecule has 1 fully saturated rings. The maximum atomic E-state index is 15.1. The van der Waals surface area contributed by atoms with Gasteiger partial charge in [0.25, 0.3) is 5.91 Å². The second-order valence-corrected chi connectivity index (χ2v) is 18.5. The molecule has 316 valence electrons. The lowest BCUT2D eigenvalue weighted by Crippen LogP contribution is -2.48. The average molecular weight is 846 g/mol. The van der Waals surface area contributed by atoms with Gasteiger partial charge in [-0.3, -0.25) is 13.9 Å². The fourth-order valence-corrected chi connectivity index (χ4v) is 10.9. The van der Waals surface area contributed by atoms with Crippen molar-refractivity contribution in [1.29, 1.82) is 0 Å². The Kier molecular flexibility index (Phi) is 10.6. The van der Waals surface area contributed by atoms with Gasteiger partial charge in [0, 0.05) is 84.9 Å². The molecule has 0 aliphatic carbocycles. The lowest BCUT2D eigenvalue weighted by molar-refractivity contribution is 0.0700. The summed E-state index contributed by atoms with van der Waals surface area (Å²) in [4.78, 5) is 36.9. The number of fused-ring (bicyclic) bond motifs is 1. The van der Waals surface area contributed by atoms with Crippen molar-refractivity contribution >= 4 is 38.1 Å². The number of nitrogens with zero attached hydrogens (tertiary/aromatic N) is 8. The van der Waals surface area contributed by atoms with Crippen molar-refractivity contribution in [3.63, 3.8) is 0 Å². The van der Waals surface area contributed by atoms with Gasteiger partial charge in [-0.25, -0.2) is 22.7 Å². The Bertz CT molecular complexity index is 2920. The second kappa shape index (κ2) is 16.0. The summed E-state index contributed by atoms with van der Waals surface area (Å²) in [6.45, 7) is 9.42. The summed E-state index contributed by atoms with van der Waals surface area (Å²) in [5, 5.41) is 9.19. The van der Waals surface area contributed by atoms with Gasteiger partial charge in [0.1, 0.15) is 23.9 Å². The number of nitrogens with two attached hydrogens (primary N) is 1. The summed E-state index contributed by atoms with van der Waals surface area (Å²) in [6, 6.07) is 17.9. The number of carbonyl (C=O) groups excluding carboxylic acids is 1. The number of ether oxygens (including phenoxy) is 1. The van der Waals surface area contributed by atoms with Gasteiger partial charge in [0.2, 0.25) is 11.8 Å². The number of halogens is 1. The van der Waals surface area contributed by atoms with Crippen LogP contribution in [0.25, 0.3) is 16.6 Å². The topological polar surface area (TPSA) is 168 Å². The summed E-state index contributed by atoms with van der Waals surface area (Å²) >= 11 is 0. The summed E-state index contributed by atoms with van der Waals surface area (Å²) in [6.07, 6.45) is 6.19. The minimum atomic E-state index is -2.47. The normalized spacial score (nSPS) is 20.2. The van der Waals surface area contributed by atoms with Gasteiger partial charge < -0.3 is 24.4 Å². The first-order valence-corrected chi connectivity index (χ1v) is 22.3. The Morgan fingerprint density at radius 3 is 2.44 bits per heavy atom. The van der Waals surface area contributed by atoms with Crippen LogP contribution in [0.5, 0.6) is 0 Å². The van der Waals surface area contributed by atoms with E-state index in [2.05, 4.69) is 32.8 Å². The van der Waals surface area contributed by atoms with Crippen molar-refractivity contribution < 1.29 is 22.5 Å². The predicted molar refractivity (Wildman–Crippen MR) is 231 cm³/mol. The summed E-state index contributed by atoms with van der Waals surface area (Å²) in [5.74, 6) is 1.29. The van der Waals surface area contributed by atoms with Crippen molar-refractivity contribution in [3.05, 3.63) is 135 Å². The van der Waals surface area contributed by atoms with E-state index < -0.39 is 21.5 Å². The van der Waals surface area contributed by atoms with E-state index in [9.17, 15) is 13.4 Å². The number of amides is 1. The number of rotatable bonds is 8. The van der Waals surface area contributed by atoms with E-state index >= 15 is 4.79 Å². The van der Waals surface area contributed by atoms with Gasteiger partial charge >= 0.3 is 5.69 Å². The number of aromatic nitrogens is 5. The molecule has 0 saturated carbocycles. The molecular formula is C45H48FN9O5S. The summed E-state index contributed by atoms with van der Waals surface area (Å²) < 4.78 is 48.8. The predicted octanol–water partition coefficient (Wildman–Crippen LogP) is 6.94. The molecule has 3 aromatic heterocycles. The monoisotopic (exact) mass is 845 g/mol. The highest BCUT2D eigenvalue weighted by Gasteiger charge is 2.35.